The van der Waals surface area contributed by atoms with E-state index in [-0.39, 0.29) is 18.1 Å². The second kappa shape index (κ2) is 11.0. The summed E-state index contributed by atoms with van der Waals surface area (Å²) in [6, 6.07) is 20.3. The summed E-state index contributed by atoms with van der Waals surface area (Å²) in [4.78, 5) is 25.0. The van der Waals surface area contributed by atoms with E-state index in [1.54, 1.807) is 30.3 Å². The number of benzene rings is 3. The molecule has 0 bridgehead atoms. The van der Waals surface area contributed by atoms with Gasteiger partial charge in [-0.1, -0.05) is 36.4 Å². The number of carbonyl (C=O) groups excluding carboxylic acids is 2. The molecule has 6 heteroatoms. The summed E-state index contributed by atoms with van der Waals surface area (Å²) in [7, 11) is 0. The highest BCUT2D eigenvalue weighted by atomic mass is 16.5. The Balaban J connectivity index is 1.66. The molecule has 0 saturated heterocycles. The minimum absolute atomic E-state index is 0.0364. The standard InChI is InChI=1S/C28H27N3O3/c1-18-11-12-20(3)26(13-18)30-27(32)17-34-24-9-6-8-22(15-24)14-23(16-29)28(33)31-25-10-5-7-19(2)21(25)4/h5-15H,17H2,1-4H3,(H,30,32)(H,31,33)/b23-14-. The van der Waals surface area contributed by atoms with Gasteiger partial charge in [0.2, 0.25) is 0 Å². The Labute approximate surface area is 199 Å². The predicted molar refractivity (Wildman–Crippen MR) is 135 cm³/mol. The molecule has 0 atom stereocenters. The van der Waals surface area contributed by atoms with Crippen LogP contribution in [0.4, 0.5) is 11.4 Å². The minimum atomic E-state index is -0.490. The summed E-state index contributed by atoms with van der Waals surface area (Å²) in [5.41, 5.74) is 6.00. The fourth-order valence-corrected chi connectivity index (χ4v) is 3.29. The maximum absolute atomic E-state index is 12.7. The van der Waals surface area contributed by atoms with Gasteiger partial charge in [-0.3, -0.25) is 9.59 Å². The third-order valence-corrected chi connectivity index (χ3v) is 5.42. The molecular formula is C28H27N3O3. The van der Waals surface area contributed by atoms with Crippen LogP contribution in [0.25, 0.3) is 6.08 Å². The first-order chi connectivity index (χ1) is 16.3. The molecule has 0 spiro atoms. The lowest BCUT2D eigenvalue weighted by molar-refractivity contribution is -0.118. The molecule has 0 fully saturated rings. The smallest absolute Gasteiger partial charge is 0.266 e. The van der Waals surface area contributed by atoms with Crippen molar-refractivity contribution < 1.29 is 14.3 Å². The van der Waals surface area contributed by atoms with Gasteiger partial charge in [0.15, 0.2) is 6.61 Å². The molecule has 2 amide bonds. The van der Waals surface area contributed by atoms with E-state index in [9.17, 15) is 14.9 Å². The van der Waals surface area contributed by atoms with Crippen LogP contribution < -0.4 is 15.4 Å². The normalized spacial score (nSPS) is 10.9. The second-order valence-corrected chi connectivity index (χ2v) is 8.10. The number of nitrogens with one attached hydrogen (secondary N) is 2. The van der Waals surface area contributed by atoms with Crippen molar-refractivity contribution in [3.8, 4) is 11.8 Å². The van der Waals surface area contributed by atoms with Crippen molar-refractivity contribution in [2.75, 3.05) is 17.2 Å². The quantitative estimate of drug-likeness (QED) is 0.366. The highest BCUT2D eigenvalue weighted by Gasteiger charge is 2.12. The summed E-state index contributed by atoms with van der Waals surface area (Å²) in [6.07, 6.45) is 1.49. The molecule has 0 saturated carbocycles. The fourth-order valence-electron chi connectivity index (χ4n) is 3.29. The van der Waals surface area contributed by atoms with Gasteiger partial charge in [-0.2, -0.15) is 5.26 Å². The Morgan fingerprint density at radius 3 is 2.44 bits per heavy atom. The van der Waals surface area contributed by atoms with E-state index in [4.69, 9.17) is 4.74 Å². The van der Waals surface area contributed by atoms with Gasteiger partial charge in [-0.05, 0) is 85.9 Å². The Morgan fingerprint density at radius 1 is 0.912 bits per heavy atom. The number of nitrogens with zero attached hydrogens (tertiary/aromatic N) is 1. The molecule has 0 aliphatic heterocycles. The molecule has 0 aliphatic carbocycles. The maximum atomic E-state index is 12.7. The molecule has 3 aromatic rings. The highest BCUT2D eigenvalue weighted by molar-refractivity contribution is 6.10. The monoisotopic (exact) mass is 453 g/mol. The average molecular weight is 454 g/mol. The third kappa shape index (κ3) is 6.33. The van der Waals surface area contributed by atoms with E-state index in [1.165, 1.54) is 6.08 Å². The van der Waals surface area contributed by atoms with E-state index >= 15 is 0 Å². The molecule has 0 aromatic heterocycles. The number of carbonyl (C=O) groups is 2. The average Bonchev–Trinajstić information content (AvgIpc) is 2.81. The molecule has 34 heavy (non-hydrogen) atoms. The summed E-state index contributed by atoms with van der Waals surface area (Å²) >= 11 is 0. The zero-order chi connectivity index (χ0) is 24.7. The topological polar surface area (TPSA) is 91.2 Å². The van der Waals surface area contributed by atoms with Crippen LogP contribution in [-0.2, 0) is 9.59 Å². The number of rotatable bonds is 7. The van der Waals surface area contributed by atoms with Crippen LogP contribution in [0.5, 0.6) is 5.75 Å². The van der Waals surface area contributed by atoms with Crippen molar-refractivity contribution in [1.29, 1.82) is 5.26 Å². The lowest BCUT2D eigenvalue weighted by Crippen LogP contribution is -2.20. The number of aryl methyl sites for hydroxylation is 3. The lowest BCUT2D eigenvalue weighted by atomic mass is 10.1. The summed E-state index contributed by atoms with van der Waals surface area (Å²) < 4.78 is 5.63. The molecule has 0 aliphatic rings. The van der Waals surface area contributed by atoms with Gasteiger partial charge in [-0.15, -0.1) is 0 Å². The first-order valence-corrected chi connectivity index (χ1v) is 10.9. The van der Waals surface area contributed by atoms with Crippen molar-refractivity contribution in [3.05, 3.63) is 94.1 Å². The minimum Gasteiger partial charge on any atom is -0.484 e. The van der Waals surface area contributed by atoms with Crippen molar-refractivity contribution in [2.24, 2.45) is 0 Å². The highest BCUT2D eigenvalue weighted by Crippen LogP contribution is 2.21. The number of hydrogen-bond acceptors (Lipinski definition) is 4. The molecule has 6 nitrogen and oxygen atoms in total. The van der Waals surface area contributed by atoms with Gasteiger partial charge in [0.1, 0.15) is 17.4 Å². The molecule has 0 unspecified atom stereocenters. The molecular weight excluding hydrogens is 426 g/mol. The molecule has 0 radical (unpaired) electrons. The van der Waals surface area contributed by atoms with E-state index in [2.05, 4.69) is 10.6 Å². The Bertz CT molecular complexity index is 1300. The first-order valence-electron chi connectivity index (χ1n) is 10.9. The second-order valence-electron chi connectivity index (χ2n) is 8.10. The van der Waals surface area contributed by atoms with E-state index in [0.29, 0.717) is 17.0 Å². The maximum Gasteiger partial charge on any atom is 0.266 e. The lowest BCUT2D eigenvalue weighted by Gasteiger charge is -2.11. The molecule has 3 aromatic carbocycles. The van der Waals surface area contributed by atoms with E-state index < -0.39 is 5.91 Å². The van der Waals surface area contributed by atoms with Crippen LogP contribution in [0.1, 0.15) is 27.8 Å². The van der Waals surface area contributed by atoms with E-state index in [1.807, 2.05) is 64.1 Å². The van der Waals surface area contributed by atoms with Gasteiger partial charge < -0.3 is 15.4 Å². The Morgan fingerprint density at radius 2 is 1.68 bits per heavy atom. The Hall–Kier alpha value is -4.37. The van der Waals surface area contributed by atoms with Crippen LogP contribution in [0.3, 0.4) is 0 Å². The van der Waals surface area contributed by atoms with Crippen molar-refractivity contribution in [1.82, 2.24) is 0 Å². The van der Waals surface area contributed by atoms with Crippen molar-refractivity contribution in [3.63, 3.8) is 0 Å². The zero-order valence-corrected chi connectivity index (χ0v) is 19.7. The van der Waals surface area contributed by atoms with Gasteiger partial charge in [-0.25, -0.2) is 0 Å². The van der Waals surface area contributed by atoms with Crippen LogP contribution >= 0.6 is 0 Å². The largest absolute Gasteiger partial charge is 0.484 e. The van der Waals surface area contributed by atoms with Gasteiger partial charge in [0.05, 0.1) is 0 Å². The number of ether oxygens (including phenoxy) is 1. The van der Waals surface area contributed by atoms with Crippen molar-refractivity contribution >= 4 is 29.3 Å². The molecule has 172 valence electrons. The van der Waals surface area contributed by atoms with Crippen LogP contribution in [0.15, 0.2) is 66.2 Å². The van der Waals surface area contributed by atoms with Gasteiger partial charge in [0.25, 0.3) is 11.8 Å². The summed E-state index contributed by atoms with van der Waals surface area (Å²) in [5, 5.41) is 15.2. The number of amides is 2. The molecule has 2 N–H and O–H groups in total. The number of anilines is 2. The van der Waals surface area contributed by atoms with Gasteiger partial charge in [0, 0.05) is 11.4 Å². The fraction of sp³-hybridized carbons (Fsp3) is 0.179. The Kier molecular flexibility index (Phi) is 7.83. The van der Waals surface area contributed by atoms with Crippen LogP contribution in [-0.4, -0.2) is 18.4 Å². The molecule has 0 heterocycles. The van der Waals surface area contributed by atoms with Crippen LogP contribution in [0.2, 0.25) is 0 Å². The SMILES string of the molecule is Cc1ccc(C)c(NC(=O)COc2cccc(/C=C(/C#N)C(=O)Nc3cccc(C)c3C)c2)c1. The first kappa shape index (κ1) is 24.3. The predicted octanol–water partition coefficient (Wildman–Crippen LogP) is 5.48. The number of nitriles is 1. The zero-order valence-electron chi connectivity index (χ0n) is 19.7. The molecule has 3 rings (SSSR count). The van der Waals surface area contributed by atoms with Crippen LogP contribution in [0, 0.1) is 39.0 Å². The van der Waals surface area contributed by atoms with Gasteiger partial charge >= 0.3 is 0 Å². The summed E-state index contributed by atoms with van der Waals surface area (Å²) in [6.45, 7) is 7.59. The van der Waals surface area contributed by atoms with E-state index in [0.717, 1.165) is 27.9 Å². The number of hydrogen-bond donors (Lipinski definition) is 2. The summed E-state index contributed by atoms with van der Waals surface area (Å²) in [5.74, 6) is -0.312. The third-order valence-electron chi connectivity index (χ3n) is 5.42. The van der Waals surface area contributed by atoms with Crippen molar-refractivity contribution in [2.45, 2.75) is 27.7 Å².